The maximum absolute atomic E-state index is 8.73. The second-order valence-electron chi connectivity index (χ2n) is 3.50. The maximum atomic E-state index is 8.73. The van der Waals surface area contributed by atoms with Crippen LogP contribution >= 0.6 is 15.9 Å². The van der Waals surface area contributed by atoms with Crippen molar-refractivity contribution in [2.45, 2.75) is 12.8 Å². The predicted molar refractivity (Wildman–Crippen MR) is 52.0 cm³/mol. The van der Waals surface area contributed by atoms with E-state index in [9.17, 15) is 0 Å². The minimum Gasteiger partial charge on any atom is -0.391 e. The highest BCUT2D eigenvalue weighted by molar-refractivity contribution is 9.09. The van der Waals surface area contributed by atoms with E-state index in [2.05, 4.69) is 30.0 Å². The molecule has 0 aromatic heterocycles. The molecule has 2 nitrogen and oxygen atoms in total. The summed E-state index contributed by atoms with van der Waals surface area (Å²) in [6.07, 6.45) is 2.46. The molecule has 0 amide bonds. The lowest BCUT2D eigenvalue weighted by Gasteiger charge is -2.28. The minimum absolute atomic E-state index is 0.293. The van der Waals surface area contributed by atoms with Gasteiger partial charge in [-0.1, -0.05) is 15.9 Å². The fourth-order valence-electron chi connectivity index (χ4n) is 1.02. The molecule has 0 unspecified atom stereocenters. The summed E-state index contributed by atoms with van der Waals surface area (Å²) in [5, 5.41) is 9.82. The number of aliphatic hydroxyl groups is 1. The van der Waals surface area contributed by atoms with Gasteiger partial charge in [-0.05, 0) is 12.8 Å². The number of rotatable bonds is 6. The molecule has 0 aromatic rings. The van der Waals surface area contributed by atoms with Crippen molar-refractivity contribution < 1.29 is 9.59 Å². The number of hydrogen-bond acceptors (Lipinski definition) is 1. The van der Waals surface area contributed by atoms with E-state index in [1.165, 1.54) is 12.8 Å². The molecule has 0 aliphatic heterocycles. The van der Waals surface area contributed by atoms with Crippen LogP contribution in [0.4, 0.5) is 0 Å². The molecule has 0 spiro atoms. The van der Waals surface area contributed by atoms with Crippen LogP contribution < -0.4 is 0 Å². The molecule has 0 aromatic carbocycles. The lowest BCUT2D eigenvalue weighted by atomic mass is 10.3. The Morgan fingerprint density at radius 2 is 1.82 bits per heavy atom. The van der Waals surface area contributed by atoms with Gasteiger partial charge in [0.05, 0.1) is 27.2 Å². The standard InChI is InChI=1S/C8H19BrNO/c1-10(2,7-8-11)6-4-3-5-9/h11H,3-8H2,1-2H3/q+1. The lowest BCUT2D eigenvalue weighted by Crippen LogP contribution is -2.42. The number of likely N-dealkylation sites (N-methyl/N-ethyl adjacent to an activating group) is 1. The third-order valence-corrected chi connectivity index (χ3v) is 2.41. The van der Waals surface area contributed by atoms with E-state index in [1.807, 2.05) is 0 Å². The Kier molecular flexibility index (Phi) is 6.19. The number of halogens is 1. The average molecular weight is 225 g/mol. The Balaban J connectivity index is 3.38. The molecule has 0 saturated carbocycles. The quantitative estimate of drug-likeness (QED) is 0.409. The fourth-order valence-corrected chi connectivity index (χ4v) is 1.41. The first kappa shape index (κ1) is 11.4. The van der Waals surface area contributed by atoms with E-state index in [0.29, 0.717) is 6.61 Å². The van der Waals surface area contributed by atoms with E-state index in [1.54, 1.807) is 0 Å². The van der Waals surface area contributed by atoms with Gasteiger partial charge in [0.2, 0.25) is 0 Å². The van der Waals surface area contributed by atoms with E-state index in [4.69, 9.17) is 5.11 Å². The fraction of sp³-hybridized carbons (Fsp3) is 1.00. The lowest BCUT2D eigenvalue weighted by molar-refractivity contribution is -0.890. The Hall–Kier alpha value is 0.400. The normalized spacial score (nSPS) is 12.0. The molecule has 0 atom stereocenters. The number of alkyl halides is 1. The molecule has 1 N–H and O–H groups in total. The summed E-state index contributed by atoms with van der Waals surface area (Å²) in [5.74, 6) is 0. The first-order valence-electron chi connectivity index (χ1n) is 4.11. The van der Waals surface area contributed by atoms with E-state index in [-0.39, 0.29) is 0 Å². The Bertz CT molecular complexity index is 96.1. The Morgan fingerprint density at radius 3 is 2.27 bits per heavy atom. The highest BCUT2D eigenvalue weighted by Gasteiger charge is 2.12. The van der Waals surface area contributed by atoms with Crippen molar-refractivity contribution in [3.05, 3.63) is 0 Å². The topological polar surface area (TPSA) is 20.2 Å². The molecule has 3 heteroatoms. The van der Waals surface area contributed by atoms with Gasteiger partial charge in [0.25, 0.3) is 0 Å². The minimum atomic E-state index is 0.293. The zero-order chi connectivity index (χ0) is 8.74. The third kappa shape index (κ3) is 6.78. The number of quaternary nitrogens is 1. The number of hydrogen-bond donors (Lipinski definition) is 1. The monoisotopic (exact) mass is 224 g/mol. The summed E-state index contributed by atoms with van der Waals surface area (Å²) in [6.45, 7) is 2.32. The molecule has 0 rings (SSSR count). The second kappa shape index (κ2) is 5.98. The van der Waals surface area contributed by atoms with Gasteiger partial charge in [-0.15, -0.1) is 0 Å². The first-order valence-corrected chi connectivity index (χ1v) is 5.23. The molecule has 11 heavy (non-hydrogen) atoms. The van der Waals surface area contributed by atoms with Crippen LogP contribution in [0.3, 0.4) is 0 Å². The van der Waals surface area contributed by atoms with Crippen molar-refractivity contribution in [2.75, 3.05) is 39.1 Å². The van der Waals surface area contributed by atoms with Crippen LogP contribution in [-0.2, 0) is 0 Å². The van der Waals surface area contributed by atoms with E-state index < -0.39 is 0 Å². The van der Waals surface area contributed by atoms with Crippen molar-refractivity contribution in [1.82, 2.24) is 0 Å². The summed E-state index contributed by atoms with van der Waals surface area (Å²) < 4.78 is 0.934. The van der Waals surface area contributed by atoms with Crippen LogP contribution in [0.25, 0.3) is 0 Å². The molecule has 0 heterocycles. The van der Waals surface area contributed by atoms with Crippen molar-refractivity contribution in [1.29, 1.82) is 0 Å². The maximum Gasteiger partial charge on any atom is 0.102 e. The molecular weight excluding hydrogens is 206 g/mol. The summed E-state index contributed by atoms with van der Waals surface area (Å²) in [7, 11) is 4.31. The van der Waals surface area contributed by atoms with Crippen LogP contribution in [0.15, 0.2) is 0 Å². The summed E-state index contributed by atoms with van der Waals surface area (Å²) >= 11 is 3.40. The van der Waals surface area contributed by atoms with Gasteiger partial charge in [0, 0.05) is 5.33 Å². The van der Waals surface area contributed by atoms with Gasteiger partial charge < -0.3 is 9.59 Å². The zero-order valence-electron chi connectivity index (χ0n) is 7.52. The van der Waals surface area contributed by atoms with Crippen LogP contribution in [0.5, 0.6) is 0 Å². The Morgan fingerprint density at radius 1 is 1.18 bits per heavy atom. The SMILES string of the molecule is C[N+](C)(CCO)CCCCBr. The van der Waals surface area contributed by atoms with Crippen molar-refractivity contribution >= 4 is 15.9 Å². The van der Waals surface area contributed by atoms with Crippen molar-refractivity contribution in [3.63, 3.8) is 0 Å². The van der Waals surface area contributed by atoms with Crippen LogP contribution in [0.1, 0.15) is 12.8 Å². The van der Waals surface area contributed by atoms with Gasteiger partial charge in [0.15, 0.2) is 0 Å². The molecule has 0 bridgehead atoms. The average Bonchev–Trinajstić information content (AvgIpc) is 1.87. The molecule has 0 radical (unpaired) electrons. The van der Waals surface area contributed by atoms with Gasteiger partial charge in [0.1, 0.15) is 6.54 Å². The highest BCUT2D eigenvalue weighted by atomic mass is 79.9. The number of aliphatic hydroxyl groups excluding tert-OH is 1. The largest absolute Gasteiger partial charge is 0.391 e. The van der Waals surface area contributed by atoms with Crippen LogP contribution in [-0.4, -0.2) is 48.7 Å². The molecule has 0 aliphatic rings. The zero-order valence-corrected chi connectivity index (χ0v) is 9.10. The van der Waals surface area contributed by atoms with Gasteiger partial charge in [-0.25, -0.2) is 0 Å². The first-order chi connectivity index (χ1) is 5.12. The third-order valence-electron chi connectivity index (χ3n) is 1.85. The van der Waals surface area contributed by atoms with E-state index >= 15 is 0 Å². The molecule has 0 saturated heterocycles. The number of nitrogens with zero attached hydrogens (tertiary/aromatic N) is 1. The molecular formula is C8H19BrNO+. The van der Waals surface area contributed by atoms with Crippen molar-refractivity contribution in [3.8, 4) is 0 Å². The highest BCUT2D eigenvalue weighted by Crippen LogP contribution is 2.02. The van der Waals surface area contributed by atoms with Gasteiger partial charge in [-0.2, -0.15) is 0 Å². The van der Waals surface area contributed by atoms with Gasteiger partial charge in [-0.3, -0.25) is 0 Å². The van der Waals surface area contributed by atoms with Gasteiger partial charge >= 0.3 is 0 Å². The number of unbranched alkanes of at least 4 members (excludes halogenated alkanes) is 1. The van der Waals surface area contributed by atoms with Crippen LogP contribution in [0, 0.1) is 0 Å². The van der Waals surface area contributed by atoms with E-state index in [0.717, 1.165) is 22.9 Å². The summed E-state index contributed by atoms with van der Waals surface area (Å²) in [5.41, 5.74) is 0. The van der Waals surface area contributed by atoms with Crippen molar-refractivity contribution in [2.24, 2.45) is 0 Å². The predicted octanol–water partition coefficient (Wildman–Crippen LogP) is 1.23. The molecule has 0 aliphatic carbocycles. The summed E-state index contributed by atoms with van der Waals surface area (Å²) in [4.78, 5) is 0. The summed E-state index contributed by atoms with van der Waals surface area (Å²) in [6, 6.07) is 0. The molecule has 0 fully saturated rings. The smallest absolute Gasteiger partial charge is 0.102 e. The second-order valence-corrected chi connectivity index (χ2v) is 4.30. The Labute approximate surface area is 77.9 Å². The van der Waals surface area contributed by atoms with Crippen LogP contribution in [0.2, 0.25) is 0 Å². The molecule has 68 valence electrons.